The van der Waals surface area contributed by atoms with Crippen LogP contribution in [0.1, 0.15) is 0 Å². The molecule has 0 aliphatic carbocycles. The van der Waals surface area contributed by atoms with Crippen molar-refractivity contribution in [3.8, 4) is 17.1 Å². The molecular formula is C16H11ClN4O. The Morgan fingerprint density at radius 2 is 1.91 bits per heavy atom. The van der Waals surface area contributed by atoms with Crippen LogP contribution in [-0.4, -0.2) is 27.0 Å². The quantitative estimate of drug-likeness (QED) is 0.611. The maximum absolute atomic E-state index is 6.33. The molecule has 0 spiro atoms. The number of imidazole rings is 1. The van der Waals surface area contributed by atoms with Gasteiger partial charge >= 0.3 is 0 Å². The molecule has 0 atom stereocenters. The van der Waals surface area contributed by atoms with Crippen molar-refractivity contribution in [2.45, 2.75) is 0 Å². The van der Waals surface area contributed by atoms with Gasteiger partial charge in [-0.25, -0.2) is 9.97 Å². The monoisotopic (exact) mass is 310 g/mol. The number of benzene rings is 2. The summed E-state index contributed by atoms with van der Waals surface area (Å²) in [7, 11) is 1.63. The van der Waals surface area contributed by atoms with Gasteiger partial charge in [0.25, 0.3) is 0 Å². The van der Waals surface area contributed by atoms with Gasteiger partial charge in [-0.3, -0.25) is 4.98 Å². The number of para-hydroxylation sites is 1. The number of aromatic amines is 1. The van der Waals surface area contributed by atoms with Gasteiger partial charge in [0.05, 0.1) is 23.2 Å². The van der Waals surface area contributed by atoms with E-state index in [4.69, 9.17) is 16.3 Å². The molecule has 5 nitrogen and oxygen atoms in total. The lowest BCUT2D eigenvalue weighted by Crippen LogP contribution is -1.88. The molecule has 0 unspecified atom stereocenters. The van der Waals surface area contributed by atoms with E-state index in [-0.39, 0.29) is 0 Å². The number of halogens is 1. The molecule has 2 aromatic heterocycles. The predicted molar refractivity (Wildman–Crippen MR) is 86.2 cm³/mol. The molecule has 0 aliphatic heterocycles. The molecule has 2 aromatic carbocycles. The van der Waals surface area contributed by atoms with E-state index in [1.165, 1.54) is 0 Å². The van der Waals surface area contributed by atoms with Crippen LogP contribution in [-0.2, 0) is 0 Å². The summed E-state index contributed by atoms with van der Waals surface area (Å²) in [5.74, 6) is 1.30. The van der Waals surface area contributed by atoms with E-state index < -0.39 is 0 Å². The first kappa shape index (κ1) is 13.0. The van der Waals surface area contributed by atoms with E-state index in [9.17, 15) is 0 Å². The molecule has 0 saturated carbocycles. The molecule has 6 heteroatoms. The topological polar surface area (TPSA) is 63.7 Å². The van der Waals surface area contributed by atoms with Gasteiger partial charge in [0, 0.05) is 12.4 Å². The van der Waals surface area contributed by atoms with Gasteiger partial charge in [-0.15, -0.1) is 0 Å². The highest BCUT2D eigenvalue weighted by Crippen LogP contribution is 2.33. The van der Waals surface area contributed by atoms with Gasteiger partial charge in [-0.2, -0.15) is 0 Å². The average Bonchev–Trinajstić information content (AvgIpc) is 3.01. The highest BCUT2D eigenvalue weighted by molar-refractivity contribution is 6.36. The largest absolute Gasteiger partial charge is 0.496 e. The number of nitrogens with one attached hydrogen (secondary N) is 1. The van der Waals surface area contributed by atoms with E-state index in [2.05, 4.69) is 19.9 Å². The molecule has 4 rings (SSSR count). The summed E-state index contributed by atoms with van der Waals surface area (Å²) < 4.78 is 5.38. The molecular weight excluding hydrogens is 300 g/mol. The van der Waals surface area contributed by atoms with Crippen LogP contribution in [0, 0.1) is 0 Å². The van der Waals surface area contributed by atoms with E-state index >= 15 is 0 Å². The molecule has 0 fully saturated rings. The zero-order valence-corrected chi connectivity index (χ0v) is 12.4. The third-order valence-corrected chi connectivity index (χ3v) is 3.79. The van der Waals surface area contributed by atoms with Crippen molar-refractivity contribution in [1.82, 2.24) is 19.9 Å². The van der Waals surface area contributed by atoms with E-state index in [1.54, 1.807) is 19.5 Å². The van der Waals surface area contributed by atoms with Gasteiger partial charge in [0.15, 0.2) is 5.82 Å². The van der Waals surface area contributed by atoms with Crippen LogP contribution in [0.3, 0.4) is 0 Å². The minimum atomic E-state index is 0.542. The first-order valence-electron chi connectivity index (χ1n) is 6.70. The Kier molecular flexibility index (Phi) is 2.94. The molecule has 0 saturated heterocycles. The molecule has 2 heterocycles. The lowest BCUT2D eigenvalue weighted by Gasteiger charge is -2.03. The molecule has 4 aromatic rings. The number of fused-ring (bicyclic) bond motifs is 3. The zero-order chi connectivity index (χ0) is 15.1. The highest BCUT2D eigenvalue weighted by atomic mass is 35.5. The minimum absolute atomic E-state index is 0.542. The fourth-order valence-electron chi connectivity index (χ4n) is 2.49. The average molecular weight is 311 g/mol. The Morgan fingerprint density at radius 3 is 2.77 bits per heavy atom. The summed E-state index contributed by atoms with van der Waals surface area (Å²) in [5, 5.41) is 0.542. The third-order valence-electron chi connectivity index (χ3n) is 3.50. The molecule has 0 bridgehead atoms. The number of hydrogen-bond donors (Lipinski definition) is 1. The maximum Gasteiger partial charge on any atom is 0.164 e. The number of methoxy groups -OCH3 is 1. The number of aromatic nitrogens is 4. The smallest absolute Gasteiger partial charge is 0.164 e. The second kappa shape index (κ2) is 4.96. The second-order valence-electron chi connectivity index (χ2n) is 4.79. The van der Waals surface area contributed by atoms with E-state index in [1.807, 2.05) is 30.3 Å². The van der Waals surface area contributed by atoms with Gasteiger partial charge in [0.2, 0.25) is 0 Å². The van der Waals surface area contributed by atoms with Crippen molar-refractivity contribution in [2.24, 2.45) is 0 Å². The Morgan fingerprint density at radius 1 is 1.09 bits per heavy atom. The normalized spacial score (nSPS) is 11.2. The van der Waals surface area contributed by atoms with Crippen molar-refractivity contribution < 1.29 is 4.74 Å². The molecule has 0 amide bonds. The lowest BCUT2D eigenvalue weighted by atomic mass is 10.2. The number of nitrogens with zero attached hydrogens (tertiary/aromatic N) is 3. The standard InChI is InChI=1S/C16H11ClN4O/c1-22-12-5-3-2-4-9(12)16-20-13-10(17)8-11-14(15(13)21-16)19-7-6-18-11/h2-8,18H,1H3. The highest BCUT2D eigenvalue weighted by Gasteiger charge is 2.16. The number of H-pyrrole nitrogens is 1. The van der Waals surface area contributed by atoms with E-state index in [0.717, 1.165) is 22.3 Å². The van der Waals surface area contributed by atoms with Crippen molar-refractivity contribution in [1.29, 1.82) is 0 Å². The van der Waals surface area contributed by atoms with Crippen LogP contribution >= 0.6 is 11.6 Å². The molecule has 22 heavy (non-hydrogen) atoms. The Bertz CT molecular complexity index is 996. The first-order valence-corrected chi connectivity index (χ1v) is 7.08. The Hall–Kier alpha value is -2.66. The molecule has 108 valence electrons. The van der Waals surface area contributed by atoms with Crippen molar-refractivity contribution in [3.05, 3.63) is 47.7 Å². The minimum Gasteiger partial charge on any atom is -0.496 e. The summed E-state index contributed by atoms with van der Waals surface area (Å²) in [6.07, 6.45) is 3.44. The molecule has 1 N–H and O–H groups in total. The number of ether oxygens (including phenoxy) is 1. The van der Waals surface area contributed by atoms with Crippen LogP contribution < -0.4 is 4.74 Å². The molecule has 0 radical (unpaired) electrons. The fraction of sp³-hybridized carbons (Fsp3) is 0.0625. The second-order valence-corrected chi connectivity index (χ2v) is 5.20. The van der Waals surface area contributed by atoms with Crippen molar-refractivity contribution in [3.63, 3.8) is 0 Å². The first-order chi connectivity index (χ1) is 10.8. The summed E-state index contributed by atoms with van der Waals surface area (Å²) in [6, 6.07) is 9.44. The van der Waals surface area contributed by atoms with Gasteiger partial charge in [-0.05, 0) is 18.2 Å². The lowest BCUT2D eigenvalue weighted by molar-refractivity contribution is 0.416. The molecule has 0 aliphatic rings. The number of hydrogen-bond acceptors (Lipinski definition) is 4. The Balaban J connectivity index is 2.05. The van der Waals surface area contributed by atoms with Crippen LogP contribution in [0.2, 0.25) is 5.02 Å². The summed E-state index contributed by atoms with van der Waals surface area (Å²) in [5.41, 5.74) is 3.72. The summed E-state index contributed by atoms with van der Waals surface area (Å²) in [4.78, 5) is 16.7. The van der Waals surface area contributed by atoms with Gasteiger partial charge < -0.3 is 9.72 Å². The maximum atomic E-state index is 6.33. The SMILES string of the molecule is COc1ccccc1-c1nc2c(Cl)cc3[nH]ccnc3c2n1. The number of rotatable bonds is 2. The van der Waals surface area contributed by atoms with Crippen LogP contribution in [0.5, 0.6) is 5.75 Å². The van der Waals surface area contributed by atoms with Crippen molar-refractivity contribution >= 4 is 33.7 Å². The van der Waals surface area contributed by atoms with Gasteiger partial charge in [-0.1, -0.05) is 23.7 Å². The third kappa shape index (κ3) is 1.90. The van der Waals surface area contributed by atoms with E-state index in [0.29, 0.717) is 21.9 Å². The fourth-order valence-corrected chi connectivity index (χ4v) is 2.74. The predicted octanol–water partition coefficient (Wildman–Crippen LogP) is 3.84. The summed E-state index contributed by atoms with van der Waals surface area (Å²) >= 11 is 6.33. The van der Waals surface area contributed by atoms with Crippen LogP contribution in [0.15, 0.2) is 42.7 Å². The zero-order valence-electron chi connectivity index (χ0n) is 11.7. The van der Waals surface area contributed by atoms with Gasteiger partial charge in [0.1, 0.15) is 22.3 Å². The van der Waals surface area contributed by atoms with Crippen molar-refractivity contribution in [2.75, 3.05) is 7.11 Å². The summed E-state index contributed by atoms with van der Waals surface area (Å²) in [6.45, 7) is 0. The Labute approximate surface area is 131 Å². The van der Waals surface area contributed by atoms with Crippen LogP contribution in [0.25, 0.3) is 33.5 Å². The van der Waals surface area contributed by atoms with Crippen LogP contribution in [0.4, 0.5) is 0 Å².